The van der Waals surface area contributed by atoms with Gasteiger partial charge in [-0.05, 0) is 70.3 Å². The summed E-state index contributed by atoms with van der Waals surface area (Å²) in [6, 6.07) is 30.7. The topological polar surface area (TPSA) is 206 Å². The second-order valence-electron chi connectivity index (χ2n) is 14.9. The summed E-state index contributed by atoms with van der Waals surface area (Å²) in [5.41, 5.74) is -0.0582. The summed E-state index contributed by atoms with van der Waals surface area (Å²) in [4.78, 5) is 72.5. The normalized spacial score (nSPS) is 22.5. The van der Waals surface area contributed by atoms with Crippen molar-refractivity contribution in [2.75, 3.05) is 24.7 Å². The van der Waals surface area contributed by atoms with E-state index < -0.39 is 71.0 Å². The number of esters is 1. The SMILES string of the molecule is O=C1OC(c2ccccc2)C(c2ccccc2)N2C1C(C(=O)O)C1(C(=O)N(C(=O)OCc3ccc([N+](=O)[O-])cc3)c3ccc(C#CCCO)cc31)C2c1cccc(OCCO)c1. The van der Waals surface area contributed by atoms with Crippen LogP contribution in [-0.4, -0.2) is 74.9 Å². The molecule has 314 valence electrons. The summed E-state index contributed by atoms with van der Waals surface area (Å²) in [5, 5.41) is 41.9. The van der Waals surface area contributed by atoms with Crippen LogP contribution < -0.4 is 9.64 Å². The Bertz CT molecular complexity index is 2590. The third kappa shape index (κ3) is 7.19. The van der Waals surface area contributed by atoms with Crippen LogP contribution in [0, 0.1) is 27.9 Å². The van der Waals surface area contributed by atoms with Gasteiger partial charge in [-0.25, -0.2) is 9.69 Å². The van der Waals surface area contributed by atoms with Crippen LogP contribution in [0.5, 0.6) is 5.75 Å². The Morgan fingerprint density at radius 2 is 1.52 bits per heavy atom. The number of hydrogen-bond donors (Lipinski definition) is 3. The van der Waals surface area contributed by atoms with Gasteiger partial charge < -0.3 is 29.5 Å². The van der Waals surface area contributed by atoms with Crippen LogP contribution in [0.25, 0.3) is 0 Å². The predicted octanol–water partition coefficient (Wildman–Crippen LogP) is 5.79. The molecular formula is C47H39N3O12. The van der Waals surface area contributed by atoms with Crippen molar-refractivity contribution in [1.29, 1.82) is 0 Å². The largest absolute Gasteiger partial charge is 0.491 e. The summed E-state index contributed by atoms with van der Waals surface area (Å²) in [7, 11) is 0. The van der Waals surface area contributed by atoms with Crippen molar-refractivity contribution in [2.24, 2.45) is 5.92 Å². The van der Waals surface area contributed by atoms with Gasteiger partial charge in [0, 0.05) is 24.1 Å². The maximum absolute atomic E-state index is 15.9. The first-order chi connectivity index (χ1) is 30.1. The Labute approximate surface area is 354 Å². The molecule has 8 rings (SSSR count). The number of nitro benzene ring substituents is 1. The van der Waals surface area contributed by atoms with Crippen molar-refractivity contribution in [2.45, 2.75) is 42.7 Å². The number of hydrogen-bond acceptors (Lipinski definition) is 12. The molecule has 3 aliphatic rings. The van der Waals surface area contributed by atoms with E-state index in [1.54, 1.807) is 71.6 Å². The number of imide groups is 1. The number of fused-ring (bicyclic) bond motifs is 3. The number of carboxylic acids is 1. The fourth-order valence-electron chi connectivity index (χ4n) is 9.03. The number of aliphatic carboxylic acids is 1. The minimum absolute atomic E-state index is 0.00979. The number of anilines is 1. The van der Waals surface area contributed by atoms with E-state index in [0.29, 0.717) is 27.8 Å². The highest BCUT2D eigenvalue weighted by molar-refractivity contribution is 6.23. The van der Waals surface area contributed by atoms with Gasteiger partial charge in [0.2, 0.25) is 5.91 Å². The molecule has 3 N–H and O–H groups in total. The van der Waals surface area contributed by atoms with Crippen LogP contribution in [-0.2, 0) is 35.9 Å². The van der Waals surface area contributed by atoms with Crippen LogP contribution >= 0.6 is 0 Å². The zero-order valence-corrected chi connectivity index (χ0v) is 32.9. The average Bonchev–Trinajstić information content (AvgIpc) is 3.75. The van der Waals surface area contributed by atoms with Gasteiger partial charge in [0.25, 0.3) is 5.69 Å². The van der Waals surface area contributed by atoms with E-state index in [4.69, 9.17) is 14.2 Å². The zero-order valence-electron chi connectivity index (χ0n) is 32.9. The molecule has 0 aliphatic carbocycles. The van der Waals surface area contributed by atoms with Crippen LogP contribution in [0.15, 0.2) is 127 Å². The third-order valence-corrected chi connectivity index (χ3v) is 11.4. The van der Waals surface area contributed by atoms with E-state index in [0.717, 1.165) is 4.90 Å². The molecule has 62 heavy (non-hydrogen) atoms. The Hall–Kier alpha value is -7.38. The summed E-state index contributed by atoms with van der Waals surface area (Å²) >= 11 is 0. The highest BCUT2D eigenvalue weighted by Crippen LogP contribution is 2.66. The highest BCUT2D eigenvalue weighted by atomic mass is 16.6. The fraction of sp³-hybridized carbons (Fsp3) is 0.234. The van der Waals surface area contributed by atoms with E-state index in [1.807, 2.05) is 24.3 Å². The van der Waals surface area contributed by atoms with Crippen LogP contribution in [0.4, 0.5) is 16.2 Å². The lowest BCUT2D eigenvalue weighted by Gasteiger charge is -2.46. The molecule has 0 saturated carbocycles. The molecule has 0 aromatic heterocycles. The Balaban J connectivity index is 1.38. The summed E-state index contributed by atoms with van der Waals surface area (Å²) in [5.74, 6) is 0.807. The van der Waals surface area contributed by atoms with Gasteiger partial charge in [0.15, 0.2) is 0 Å². The molecule has 2 fully saturated rings. The van der Waals surface area contributed by atoms with Crippen molar-refractivity contribution >= 4 is 35.3 Å². The van der Waals surface area contributed by atoms with Gasteiger partial charge in [0.05, 0.1) is 35.9 Å². The molecule has 2 amide bonds. The number of aliphatic hydroxyl groups excluding tert-OH is 2. The molecule has 6 unspecified atom stereocenters. The number of ether oxygens (including phenoxy) is 3. The number of rotatable bonds is 11. The minimum atomic E-state index is -2.26. The molecule has 15 nitrogen and oxygen atoms in total. The van der Waals surface area contributed by atoms with Gasteiger partial charge in [-0.2, -0.15) is 0 Å². The molecular weight excluding hydrogens is 799 g/mol. The lowest BCUT2D eigenvalue weighted by atomic mass is 9.65. The number of carbonyl (C=O) groups is 4. The number of non-ortho nitro benzene ring substituents is 1. The van der Waals surface area contributed by atoms with Gasteiger partial charge in [0.1, 0.15) is 42.4 Å². The number of morpholine rings is 1. The van der Waals surface area contributed by atoms with Crippen molar-refractivity contribution < 1.29 is 53.6 Å². The molecule has 0 bridgehead atoms. The number of benzene rings is 5. The molecule has 2 saturated heterocycles. The lowest BCUT2D eigenvalue weighted by molar-refractivity contribution is -0.384. The predicted molar refractivity (Wildman–Crippen MR) is 220 cm³/mol. The summed E-state index contributed by atoms with van der Waals surface area (Å²) in [6.45, 7) is -1.02. The van der Waals surface area contributed by atoms with E-state index in [-0.39, 0.29) is 48.9 Å². The lowest BCUT2D eigenvalue weighted by Crippen LogP contribution is -2.53. The van der Waals surface area contributed by atoms with Crippen molar-refractivity contribution in [3.63, 3.8) is 0 Å². The first-order valence-electron chi connectivity index (χ1n) is 19.7. The molecule has 5 aromatic rings. The molecule has 1 spiro atoms. The smallest absolute Gasteiger partial charge is 0.421 e. The maximum Gasteiger partial charge on any atom is 0.421 e. The number of nitro groups is 1. The molecule has 5 aromatic carbocycles. The van der Waals surface area contributed by atoms with Gasteiger partial charge in [-0.3, -0.25) is 29.4 Å². The summed E-state index contributed by atoms with van der Waals surface area (Å²) in [6.07, 6.45) is -2.05. The first kappa shape index (κ1) is 41.4. The van der Waals surface area contributed by atoms with E-state index >= 15 is 4.79 Å². The number of carboxylic acid groups (broad SMARTS) is 1. The molecule has 3 aliphatic heterocycles. The molecule has 3 heterocycles. The number of aliphatic hydroxyl groups is 2. The monoisotopic (exact) mass is 837 g/mol. The molecule has 6 atom stereocenters. The number of cyclic esters (lactones) is 1. The number of nitrogens with zero attached hydrogens (tertiary/aromatic N) is 3. The third-order valence-electron chi connectivity index (χ3n) is 11.4. The second kappa shape index (κ2) is 17.3. The van der Waals surface area contributed by atoms with Gasteiger partial charge >= 0.3 is 18.0 Å². The Morgan fingerprint density at radius 3 is 2.18 bits per heavy atom. The molecule has 15 heteroatoms. The molecule has 0 radical (unpaired) electrons. The van der Waals surface area contributed by atoms with Crippen molar-refractivity contribution in [3.8, 4) is 17.6 Å². The van der Waals surface area contributed by atoms with Crippen molar-refractivity contribution in [3.05, 3.63) is 171 Å². The van der Waals surface area contributed by atoms with Crippen LogP contribution in [0.3, 0.4) is 0 Å². The van der Waals surface area contributed by atoms with Crippen LogP contribution in [0.2, 0.25) is 0 Å². The van der Waals surface area contributed by atoms with E-state index in [1.165, 1.54) is 36.4 Å². The Kier molecular flexibility index (Phi) is 11.5. The average molecular weight is 838 g/mol. The number of carbonyl (C=O) groups excluding carboxylic acids is 3. The zero-order chi connectivity index (χ0) is 43.5. The number of amides is 2. The van der Waals surface area contributed by atoms with Gasteiger partial charge in [-0.1, -0.05) is 84.6 Å². The van der Waals surface area contributed by atoms with Crippen LogP contribution in [0.1, 0.15) is 58.0 Å². The fourth-order valence-corrected chi connectivity index (χ4v) is 9.03. The van der Waals surface area contributed by atoms with Crippen molar-refractivity contribution in [1.82, 2.24) is 4.90 Å². The van der Waals surface area contributed by atoms with Gasteiger partial charge in [-0.15, -0.1) is 0 Å². The standard InChI is InChI=1S/C47H39N3O12/c51-23-8-7-10-29-19-22-37-36(26-29)47(45(56)48(37)46(57)61-28-30-17-20-34(21-18-30)50(58)59)38(43(53)54)40-44(55)62-41(32-13-5-2-6-14-32)39(31-11-3-1-4-12-31)49(40)42(47)33-15-9-16-35(27-33)60-25-24-52/h1-6,9,11-22,26-27,38-42,51-52H,8,23-25,28H2,(H,53,54). The minimum Gasteiger partial charge on any atom is -0.491 e. The Morgan fingerprint density at radius 1 is 0.823 bits per heavy atom. The summed E-state index contributed by atoms with van der Waals surface area (Å²) < 4.78 is 17.8. The maximum atomic E-state index is 15.9. The quantitative estimate of drug-likeness (QED) is 0.0625. The first-order valence-corrected chi connectivity index (χ1v) is 19.7. The second-order valence-corrected chi connectivity index (χ2v) is 14.9. The highest BCUT2D eigenvalue weighted by Gasteiger charge is 2.76. The van der Waals surface area contributed by atoms with E-state index in [9.17, 15) is 39.8 Å². The van der Waals surface area contributed by atoms with E-state index in [2.05, 4.69) is 11.8 Å².